The predicted octanol–water partition coefficient (Wildman–Crippen LogP) is 7.37. The first kappa shape index (κ1) is 21.1. The minimum atomic E-state index is -0.272. The number of aromatic hydroxyl groups is 2. The molecule has 0 atom stereocenters. The summed E-state index contributed by atoms with van der Waals surface area (Å²) in [6, 6.07) is 29.1. The molecule has 170 valence electrons. The lowest BCUT2D eigenvalue weighted by Gasteiger charge is -2.24. The van der Waals surface area contributed by atoms with Crippen LogP contribution in [0.1, 0.15) is 30.7 Å². The van der Waals surface area contributed by atoms with Crippen molar-refractivity contribution in [3.8, 4) is 33.9 Å². The molecule has 0 bridgehead atoms. The molecule has 4 aromatic carbocycles. The van der Waals surface area contributed by atoms with Gasteiger partial charge in [-0.25, -0.2) is 4.98 Å². The molecule has 1 aliphatic carbocycles. The molecule has 0 radical (unpaired) electrons. The fraction of sp³-hybridized carbons (Fsp3) is 0.0968. The third-order valence-electron chi connectivity index (χ3n) is 6.92. The van der Waals surface area contributed by atoms with E-state index < -0.39 is 0 Å². The fourth-order valence-electron chi connectivity index (χ4n) is 5.33. The molecule has 0 aliphatic heterocycles. The van der Waals surface area contributed by atoms with Crippen molar-refractivity contribution in [3.63, 3.8) is 0 Å². The number of nitrogens with zero attached hydrogens (tertiary/aromatic N) is 2. The molecule has 0 saturated carbocycles. The van der Waals surface area contributed by atoms with E-state index >= 15 is 0 Å². The van der Waals surface area contributed by atoms with E-state index in [9.17, 15) is 10.2 Å². The minimum absolute atomic E-state index is 0.198. The van der Waals surface area contributed by atoms with Gasteiger partial charge in [-0.2, -0.15) is 0 Å². The Morgan fingerprint density at radius 3 is 2.37 bits per heavy atom. The molecule has 0 amide bonds. The van der Waals surface area contributed by atoms with Crippen LogP contribution in [0, 0.1) is 0 Å². The fourth-order valence-corrected chi connectivity index (χ4v) is 5.33. The average molecular weight is 457 g/mol. The molecule has 1 aromatic heterocycles. The molecular formula is C31H24N2O2. The minimum Gasteiger partial charge on any atom is -0.507 e. The molecule has 5 aromatic rings. The van der Waals surface area contributed by atoms with E-state index in [0.29, 0.717) is 22.5 Å². The Morgan fingerprint density at radius 2 is 1.51 bits per heavy atom. The number of phenolic OH excluding ortho intramolecular Hbond substituents is 2. The summed E-state index contributed by atoms with van der Waals surface area (Å²) in [6.45, 7) is 4.39. The van der Waals surface area contributed by atoms with Crippen molar-refractivity contribution in [1.29, 1.82) is 0 Å². The molecular weight excluding hydrogens is 432 g/mol. The first-order chi connectivity index (χ1) is 16.9. The molecule has 1 heterocycles. The van der Waals surface area contributed by atoms with Crippen LogP contribution in [0.5, 0.6) is 11.5 Å². The van der Waals surface area contributed by atoms with Crippen molar-refractivity contribution in [2.75, 3.05) is 0 Å². The van der Waals surface area contributed by atoms with Gasteiger partial charge in [0.1, 0.15) is 11.5 Å². The van der Waals surface area contributed by atoms with Crippen LogP contribution in [-0.2, 0) is 5.41 Å². The van der Waals surface area contributed by atoms with Crippen molar-refractivity contribution < 1.29 is 10.2 Å². The summed E-state index contributed by atoms with van der Waals surface area (Å²) < 4.78 is 0. The third kappa shape index (κ3) is 3.29. The van der Waals surface area contributed by atoms with E-state index in [1.54, 1.807) is 18.3 Å². The smallest absolute Gasteiger partial charge is 0.125 e. The van der Waals surface area contributed by atoms with Gasteiger partial charge in [0, 0.05) is 16.4 Å². The van der Waals surface area contributed by atoms with E-state index in [2.05, 4.69) is 43.1 Å². The predicted molar refractivity (Wildman–Crippen MR) is 142 cm³/mol. The van der Waals surface area contributed by atoms with E-state index in [1.807, 2.05) is 54.6 Å². The molecule has 1 aliphatic rings. The number of hydrogen-bond acceptors (Lipinski definition) is 4. The number of fused-ring (bicyclic) bond motifs is 4. The maximum atomic E-state index is 11.0. The lowest BCUT2D eigenvalue weighted by atomic mass is 9.79. The summed E-state index contributed by atoms with van der Waals surface area (Å²) in [5, 5.41) is 23.0. The maximum absolute atomic E-state index is 11.0. The van der Waals surface area contributed by atoms with Gasteiger partial charge in [0.2, 0.25) is 0 Å². The highest BCUT2D eigenvalue weighted by Crippen LogP contribution is 2.53. The van der Waals surface area contributed by atoms with Gasteiger partial charge in [-0.05, 0) is 58.0 Å². The molecule has 6 rings (SSSR count). The normalized spacial score (nSPS) is 13.8. The molecule has 0 spiro atoms. The van der Waals surface area contributed by atoms with Crippen molar-refractivity contribution in [3.05, 3.63) is 108 Å². The van der Waals surface area contributed by atoms with Crippen LogP contribution in [0.25, 0.3) is 33.2 Å². The second-order valence-electron chi connectivity index (χ2n) is 9.41. The van der Waals surface area contributed by atoms with Gasteiger partial charge in [-0.1, -0.05) is 74.5 Å². The summed E-state index contributed by atoms with van der Waals surface area (Å²) in [5.41, 5.74) is 7.17. The van der Waals surface area contributed by atoms with Gasteiger partial charge in [0.25, 0.3) is 0 Å². The average Bonchev–Trinajstić information content (AvgIpc) is 3.10. The zero-order valence-corrected chi connectivity index (χ0v) is 19.5. The Kier molecular flexibility index (Phi) is 4.71. The van der Waals surface area contributed by atoms with Gasteiger partial charge in [0.15, 0.2) is 0 Å². The number of hydrogen-bond donors (Lipinski definition) is 2. The quantitative estimate of drug-likeness (QED) is 0.279. The Labute approximate surface area is 203 Å². The van der Waals surface area contributed by atoms with Crippen molar-refractivity contribution in [2.45, 2.75) is 19.3 Å². The second kappa shape index (κ2) is 7.81. The highest BCUT2D eigenvalue weighted by molar-refractivity contribution is 5.99. The SMILES string of the molecule is CC1(C)c2ccccc2-c2ccc(O)c(-c3cccc(C=Nc4cccc5cccc(O)c45)n3)c21. The second-order valence-corrected chi connectivity index (χ2v) is 9.41. The summed E-state index contributed by atoms with van der Waals surface area (Å²) in [6.07, 6.45) is 1.70. The van der Waals surface area contributed by atoms with Gasteiger partial charge in [-0.3, -0.25) is 4.99 Å². The van der Waals surface area contributed by atoms with Crippen LogP contribution < -0.4 is 0 Å². The van der Waals surface area contributed by atoms with E-state index in [-0.39, 0.29) is 16.9 Å². The Morgan fingerprint density at radius 1 is 0.743 bits per heavy atom. The highest BCUT2D eigenvalue weighted by atomic mass is 16.3. The summed E-state index contributed by atoms with van der Waals surface area (Å²) in [4.78, 5) is 9.50. The number of phenols is 2. The van der Waals surface area contributed by atoms with Crippen LogP contribution in [0.15, 0.2) is 96.0 Å². The van der Waals surface area contributed by atoms with Crippen LogP contribution in [-0.4, -0.2) is 21.4 Å². The van der Waals surface area contributed by atoms with Crippen LogP contribution >= 0.6 is 0 Å². The summed E-state index contributed by atoms with van der Waals surface area (Å²) in [5.74, 6) is 0.411. The largest absolute Gasteiger partial charge is 0.507 e. The first-order valence-electron chi connectivity index (χ1n) is 11.6. The van der Waals surface area contributed by atoms with E-state index in [4.69, 9.17) is 4.98 Å². The van der Waals surface area contributed by atoms with Crippen molar-refractivity contribution >= 4 is 22.7 Å². The van der Waals surface area contributed by atoms with Gasteiger partial charge < -0.3 is 10.2 Å². The summed E-state index contributed by atoms with van der Waals surface area (Å²) in [7, 11) is 0. The zero-order valence-electron chi connectivity index (χ0n) is 19.5. The number of rotatable bonds is 3. The Hall–Kier alpha value is -4.44. The number of pyridine rings is 1. The number of benzene rings is 4. The lowest BCUT2D eigenvalue weighted by Crippen LogP contribution is -2.16. The van der Waals surface area contributed by atoms with E-state index in [1.165, 1.54) is 11.1 Å². The molecule has 0 fully saturated rings. The molecule has 0 unspecified atom stereocenters. The van der Waals surface area contributed by atoms with Crippen LogP contribution in [0.3, 0.4) is 0 Å². The van der Waals surface area contributed by atoms with Crippen molar-refractivity contribution in [1.82, 2.24) is 4.98 Å². The molecule has 0 saturated heterocycles. The number of aliphatic imine (C=N–C) groups is 1. The first-order valence-corrected chi connectivity index (χ1v) is 11.6. The molecule has 4 nitrogen and oxygen atoms in total. The zero-order chi connectivity index (χ0) is 24.2. The Bertz CT molecular complexity index is 1640. The van der Waals surface area contributed by atoms with Gasteiger partial charge >= 0.3 is 0 Å². The molecule has 35 heavy (non-hydrogen) atoms. The van der Waals surface area contributed by atoms with Gasteiger partial charge in [-0.15, -0.1) is 0 Å². The highest BCUT2D eigenvalue weighted by Gasteiger charge is 2.38. The third-order valence-corrected chi connectivity index (χ3v) is 6.92. The van der Waals surface area contributed by atoms with E-state index in [0.717, 1.165) is 22.1 Å². The summed E-state index contributed by atoms with van der Waals surface area (Å²) >= 11 is 0. The Balaban J connectivity index is 1.46. The standard InChI is InChI=1S/C31H24N2O2/c1-31(2)23-12-4-3-11-21(23)22-16-17-27(35)29(30(22)31)25-14-7-10-20(33-25)18-32-24-13-5-8-19-9-6-15-26(34)28(19)24/h3-18,34-35H,1-2H3. The topological polar surface area (TPSA) is 65.7 Å². The van der Waals surface area contributed by atoms with Crippen molar-refractivity contribution in [2.24, 2.45) is 4.99 Å². The lowest BCUT2D eigenvalue weighted by molar-refractivity contribution is 0.475. The van der Waals surface area contributed by atoms with Crippen LogP contribution in [0.2, 0.25) is 0 Å². The van der Waals surface area contributed by atoms with Crippen LogP contribution in [0.4, 0.5) is 5.69 Å². The van der Waals surface area contributed by atoms with Gasteiger partial charge in [0.05, 0.1) is 23.3 Å². The molecule has 4 heteroatoms. The maximum Gasteiger partial charge on any atom is 0.125 e. The molecule has 2 N–H and O–H groups in total. The number of aromatic nitrogens is 1. The monoisotopic (exact) mass is 456 g/mol.